The molecule has 7 heteroatoms. The highest BCUT2D eigenvalue weighted by Gasteiger charge is 2.32. The zero-order chi connectivity index (χ0) is 24.6. The van der Waals surface area contributed by atoms with Crippen LogP contribution in [0.15, 0.2) is 41.6 Å². The molecule has 1 amide bonds. The molecule has 0 aliphatic rings. The Hall–Kier alpha value is -2.12. The number of ether oxygens (including phenoxy) is 3. The molecule has 0 atom stereocenters. The van der Waals surface area contributed by atoms with Crippen molar-refractivity contribution in [1.82, 2.24) is 4.90 Å². The zero-order valence-electron chi connectivity index (χ0n) is 21.3. The number of carbonyl (C=O) groups excluding carboxylic acids is 2. The van der Waals surface area contributed by atoms with Gasteiger partial charge in [0, 0.05) is 6.54 Å². The number of hydrogen-bond donors (Lipinski definition) is 0. The van der Waals surface area contributed by atoms with Crippen molar-refractivity contribution in [2.75, 3.05) is 26.8 Å². The fraction of sp³-hybridized carbons (Fsp3) is 0.600. The second-order valence-electron chi connectivity index (χ2n) is 10.4. The predicted molar refractivity (Wildman–Crippen MR) is 132 cm³/mol. The van der Waals surface area contributed by atoms with E-state index in [1.165, 1.54) is 17.2 Å². The Balaban J connectivity index is 3.26. The van der Waals surface area contributed by atoms with Crippen LogP contribution in [0.5, 0.6) is 0 Å². The topological polar surface area (TPSA) is 65.1 Å². The Morgan fingerprint density at radius 1 is 0.969 bits per heavy atom. The van der Waals surface area contributed by atoms with Gasteiger partial charge in [-0.05, 0) is 48.0 Å². The van der Waals surface area contributed by atoms with Gasteiger partial charge >= 0.3 is 12.1 Å². The summed E-state index contributed by atoms with van der Waals surface area (Å²) < 4.78 is 16.3. The molecule has 180 valence electrons. The average molecular weight is 464 g/mol. The second kappa shape index (κ2) is 11.7. The molecule has 0 saturated heterocycles. The minimum absolute atomic E-state index is 0.166. The van der Waals surface area contributed by atoms with E-state index in [0.29, 0.717) is 13.2 Å². The maximum atomic E-state index is 12.9. The molecule has 0 saturated carbocycles. The summed E-state index contributed by atoms with van der Waals surface area (Å²) in [5.41, 5.74) is -0.879. The molecule has 0 radical (unpaired) electrons. The van der Waals surface area contributed by atoms with Crippen LogP contribution in [0, 0.1) is 0 Å². The third-order valence-corrected chi connectivity index (χ3v) is 8.65. The molecular formula is C25H41NO5Si. The van der Waals surface area contributed by atoms with E-state index < -0.39 is 25.7 Å². The van der Waals surface area contributed by atoms with Gasteiger partial charge in [-0.1, -0.05) is 59.9 Å². The van der Waals surface area contributed by atoms with Crippen molar-refractivity contribution >= 4 is 25.3 Å². The number of amides is 1. The first-order chi connectivity index (χ1) is 14.7. The maximum Gasteiger partial charge on any atom is 0.411 e. The van der Waals surface area contributed by atoms with Gasteiger partial charge in [-0.2, -0.15) is 0 Å². The van der Waals surface area contributed by atoms with Crippen LogP contribution in [0.1, 0.15) is 48.0 Å². The number of nitrogens with zero attached hydrogens (tertiary/aromatic N) is 1. The SMILES string of the molecule is COC(=O)CN(C/C(=C/CCOC(C)(C)C)[Si](C)(C)c1ccccc1)C(=O)OC(C)(C)C. The summed E-state index contributed by atoms with van der Waals surface area (Å²) in [5, 5.41) is 2.39. The molecule has 0 spiro atoms. The van der Waals surface area contributed by atoms with Crippen LogP contribution in [-0.4, -0.2) is 63.0 Å². The minimum atomic E-state index is -2.13. The first-order valence-corrected chi connectivity index (χ1v) is 14.1. The summed E-state index contributed by atoms with van der Waals surface area (Å²) in [4.78, 5) is 26.4. The Kier molecular flexibility index (Phi) is 10.2. The van der Waals surface area contributed by atoms with Gasteiger partial charge < -0.3 is 14.2 Å². The van der Waals surface area contributed by atoms with Gasteiger partial charge in [-0.15, -0.1) is 0 Å². The van der Waals surface area contributed by atoms with E-state index in [1.54, 1.807) is 0 Å². The van der Waals surface area contributed by atoms with Crippen molar-refractivity contribution in [3.05, 3.63) is 41.6 Å². The molecule has 0 aliphatic heterocycles. The van der Waals surface area contributed by atoms with Gasteiger partial charge in [-0.25, -0.2) is 4.79 Å². The molecule has 0 fully saturated rings. The summed E-state index contributed by atoms with van der Waals surface area (Å²) in [6, 6.07) is 10.3. The molecule has 1 aromatic rings. The molecule has 0 bridgehead atoms. The summed E-state index contributed by atoms with van der Waals surface area (Å²) >= 11 is 0. The predicted octanol–water partition coefficient (Wildman–Crippen LogP) is 4.68. The smallest absolute Gasteiger partial charge is 0.411 e. The van der Waals surface area contributed by atoms with Crippen molar-refractivity contribution in [3.8, 4) is 0 Å². The summed E-state index contributed by atoms with van der Waals surface area (Å²) in [6.45, 7) is 16.7. The maximum absolute atomic E-state index is 12.9. The van der Waals surface area contributed by atoms with Gasteiger partial charge in [0.05, 0.1) is 19.3 Å². The third kappa shape index (κ3) is 10.00. The molecule has 6 nitrogen and oxygen atoms in total. The molecular weight excluding hydrogens is 422 g/mol. The van der Waals surface area contributed by atoms with Crippen LogP contribution in [0.25, 0.3) is 0 Å². The van der Waals surface area contributed by atoms with E-state index in [-0.39, 0.29) is 12.1 Å². The lowest BCUT2D eigenvalue weighted by atomic mass is 10.2. The van der Waals surface area contributed by atoms with Crippen LogP contribution in [0.4, 0.5) is 4.79 Å². The van der Waals surface area contributed by atoms with Crippen molar-refractivity contribution in [1.29, 1.82) is 0 Å². The fourth-order valence-electron chi connectivity index (χ4n) is 3.09. The van der Waals surface area contributed by atoms with Crippen molar-refractivity contribution in [3.63, 3.8) is 0 Å². The van der Waals surface area contributed by atoms with Crippen molar-refractivity contribution < 1.29 is 23.8 Å². The fourth-order valence-corrected chi connectivity index (χ4v) is 5.73. The van der Waals surface area contributed by atoms with E-state index in [2.05, 4.69) is 31.3 Å². The highest BCUT2D eigenvalue weighted by molar-refractivity contribution is 6.95. The Morgan fingerprint density at radius 3 is 2.06 bits per heavy atom. The largest absolute Gasteiger partial charge is 0.468 e. The van der Waals surface area contributed by atoms with Gasteiger partial charge in [0.15, 0.2) is 0 Å². The lowest BCUT2D eigenvalue weighted by Crippen LogP contribution is -2.49. The number of esters is 1. The molecule has 32 heavy (non-hydrogen) atoms. The van der Waals surface area contributed by atoms with Crippen LogP contribution in [0.2, 0.25) is 13.1 Å². The number of rotatable bonds is 9. The Labute approximate surface area is 194 Å². The van der Waals surface area contributed by atoms with Gasteiger partial charge in [0.2, 0.25) is 0 Å². The third-order valence-electron chi connectivity index (χ3n) is 4.90. The lowest BCUT2D eigenvalue weighted by Gasteiger charge is -2.33. The van der Waals surface area contributed by atoms with E-state index >= 15 is 0 Å². The molecule has 0 heterocycles. The van der Waals surface area contributed by atoms with Crippen molar-refractivity contribution in [2.24, 2.45) is 0 Å². The number of benzene rings is 1. The molecule has 1 rings (SSSR count). The van der Waals surface area contributed by atoms with Gasteiger partial charge in [-0.3, -0.25) is 9.69 Å². The highest BCUT2D eigenvalue weighted by atomic mass is 28.3. The normalized spacial score (nSPS) is 13.0. The first-order valence-electron chi connectivity index (χ1n) is 11.1. The van der Waals surface area contributed by atoms with E-state index in [9.17, 15) is 9.59 Å². The summed E-state index contributed by atoms with van der Waals surface area (Å²) in [6.07, 6.45) is 2.35. The highest BCUT2D eigenvalue weighted by Crippen LogP contribution is 2.20. The van der Waals surface area contributed by atoms with Crippen LogP contribution in [0.3, 0.4) is 0 Å². The van der Waals surface area contributed by atoms with Gasteiger partial charge in [0.1, 0.15) is 20.2 Å². The van der Waals surface area contributed by atoms with Crippen LogP contribution in [-0.2, 0) is 19.0 Å². The summed E-state index contributed by atoms with van der Waals surface area (Å²) in [5.74, 6) is -0.481. The average Bonchev–Trinajstić information content (AvgIpc) is 2.67. The van der Waals surface area contributed by atoms with E-state index in [4.69, 9.17) is 14.2 Å². The minimum Gasteiger partial charge on any atom is -0.468 e. The van der Waals surface area contributed by atoms with E-state index in [1.807, 2.05) is 59.7 Å². The number of methoxy groups -OCH3 is 1. The quantitative estimate of drug-likeness (QED) is 0.302. The van der Waals surface area contributed by atoms with E-state index in [0.717, 1.165) is 11.6 Å². The lowest BCUT2D eigenvalue weighted by molar-refractivity contribution is -0.141. The van der Waals surface area contributed by atoms with Crippen LogP contribution < -0.4 is 5.19 Å². The monoisotopic (exact) mass is 463 g/mol. The van der Waals surface area contributed by atoms with Crippen LogP contribution >= 0.6 is 0 Å². The Morgan fingerprint density at radius 2 is 1.56 bits per heavy atom. The van der Waals surface area contributed by atoms with Crippen molar-refractivity contribution in [2.45, 2.75) is 72.3 Å². The first kappa shape index (κ1) is 27.9. The Bertz CT molecular complexity index is 776. The zero-order valence-corrected chi connectivity index (χ0v) is 22.3. The molecule has 0 aromatic heterocycles. The number of carbonyl (C=O) groups is 2. The molecule has 0 N–H and O–H groups in total. The second-order valence-corrected chi connectivity index (χ2v) is 14.9. The van der Waals surface area contributed by atoms with Gasteiger partial charge in [0.25, 0.3) is 0 Å². The molecule has 0 unspecified atom stereocenters. The summed E-state index contributed by atoms with van der Waals surface area (Å²) in [7, 11) is -0.811. The molecule has 1 aromatic carbocycles. The molecule has 0 aliphatic carbocycles. The number of hydrogen-bond acceptors (Lipinski definition) is 5. The standard InChI is InChI=1S/C25H41NO5Si/c1-24(2,3)30-17-13-16-21(32(8,9)20-14-11-10-12-15-20)18-26(19-22(27)29-7)23(28)31-25(4,5)6/h10-12,14-16H,13,17-19H2,1-9H3/b21-16-.